The third-order valence-electron chi connectivity index (χ3n) is 4.84. The van der Waals surface area contributed by atoms with E-state index < -0.39 is 0 Å². The van der Waals surface area contributed by atoms with E-state index in [1.54, 1.807) is 0 Å². The molecule has 110 valence electrons. The van der Waals surface area contributed by atoms with Crippen molar-refractivity contribution in [2.75, 3.05) is 19.4 Å². The van der Waals surface area contributed by atoms with Crippen LogP contribution in [0.4, 0.5) is 0 Å². The van der Waals surface area contributed by atoms with Crippen molar-refractivity contribution in [1.82, 2.24) is 5.32 Å². The van der Waals surface area contributed by atoms with E-state index in [2.05, 4.69) is 47.6 Å². The molecule has 1 fully saturated rings. The SMILES string of the molecule is CSC1(CNC2COCc3ccccc32)CCCCC1. The van der Waals surface area contributed by atoms with Gasteiger partial charge in [0.15, 0.2) is 0 Å². The number of fused-ring (bicyclic) bond motifs is 1. The summed E-state index contributed by atoms with van der Waals surface area (Å²) in [6.45, 7) is 2.68. The molecule has 1 saturated carbocycles. The second-order valence-corrected chi connectivity index (χ2v) is 7.37. The van der Waals surface area contributed by atoms with Crippen LogP contribution in [0, 0.1) is 0 Å². The van der Waals surface area contributed by atoms with Crippen LogP contribution in [0.15, 0.2) is 24.3 Å². The van der Waals surface area contributed by atoms with E-state index in [4.69, 9.17) is 4.74 Å². The number of benzene rings is 1. The average Bonchev–Trinajstić information content (AvgIpc) is 2.54. The molecule has 0 aromatic heterocycles. The molecule has 2 nitrogen and oxygen atoms in total. The zero-order valence-electron chi connectivity index (χ0n) is 12.4. The standard InChI is InChI=1S/C17H25NOS/c1-20-17(9-5-2-6-10-17)13-18-16-12-19-11-14-7-3-4-8-15(14)16/h3-4,7-8,16,18H,2,5-6,9-13H2,1H3. The number of hydrogen-bond donors (Lipinski definition) is 1. The summed E-state index contributed by atoms with van der Waals surface area (Å²) in [5, 5.41) is 3.79. The van der Waals surface area contributed by atoms with E-state index in [0.717, 1.165) is 19.8 Å². The minimum atomic E-state index is 0.367. The summed E-state index contributed by atoms with van der Waals surface area (Å²) in [7, 11) is 0. The minimum Gasteiger partial charge on any atom is -0.375 e. The van der Waals surface area contributed by atoms with Crippen molar-refractivity contribution in [2.24, 2.45) is 0 Å². The van der Waals surface area contributed by atoms with Crippen molar-refractivity contribution in [3.05, 3.63) is 35.4 Å². The van der Waals surface area contributed by atoms with Gasteiger partial charge in [-0.3, -0.25) is 0 Å². The lowest BCUT2D eigenvalue weighted by Crippen LogP contribution is -2.42. The fraction of sp³-hybridized carbons (Fsp3) is 0.647. The van der Waals surface area contributed by atoms with Gasteiger partial charge in [-0.15, -0.1) is 0 Å². The Morgan fingerprint density at radius 1 is 1.25 bits per heavy atom. The number of nitrogens with one attached hydrogen (secondary N) is 1. The van der Waals surface area contributed by atoms with Crippen LogP contribution in [-0.4, -0.2) is 24.2 Å². The van der Waals surface area contributed by atoms with Gasteiger partial charge >= 0.3 is 0 Å². The Morgan fingerprint density at radius 3 is 2.85 bits per heavy atom. The molecular formula is C17H25NOS. The predicted octanol–water partition coefficient (Wildman–Crippen LogP) is 3.91. The van der Waals surface area contributed by atoms with Crippen LogP contribution in [-0.2, 0) is 11.3 Å². The van der Waals surface area contributed by atoms with E-state index in [-0.39, 0.29) is 0 Å². The fourth-order valence-corrected chi connectivity index (χ4v) is 4.43. The molecule has 0 radical (unpaired) electrons. The third kappa shape index (κ3) is 3.05. The molecule has 20 heavy (non-hydrogen) atoms. The first kappa shape index (κ1) is 14.4. The van der Waals surface area contributed by atoms with Crippen LogP contribution in [0.5, 0.6) is 0 Å². The average molecular weight is 291 g/mol. The quantitative estimate of drug-likeness (QED) is 0.908. The van der Waals surface area contributed by atoms with Crippen molar-refractivity contribution < 1.29 is 4.74 Å². The number of hydrogen-bond acceptors (Lipinski definition) is 3. The van der Waals surface area contributed by atoms with E-state index in [9.17, 15) is 0 Å². The summed E-state index contributed by atoms with van der Waals surface area (Å²) in [5.74, 6) is 0. The Bertz CT molecular complexity index is 442. The molecule has 0 bridgehead atoms. The molecule has 1 aromatic carbocycles. The molecule has 1 heterocycles. The van der Waals surface area contributed by atoms with Crippen LogP contribution >= 0.6 is 11.8 Å². The van der Waals surface area contributed by atoms with Crippen molar-refractivity contribution in [3.8, 4) is 0 Å². The van der Waals surface area contributed by atoms with Gasteiger partial charge in [0.25, 0.3) is 0 Å². The molecule has 1 aromatic rings. The molecule has 0 saturated heterocycles. The van der Waals surface area contributed by atoms with Gasteiger partial charge in [-0.25, -0.2) is 0 Å². The van der Waals surface area contributed by atoms with Crippen molar-refractivity contribution in [1.29, 1.82) is 0 Å². The predicted molar refractivity (Wildman–Crippen MR) is 86.2 cm³/mol. The van der Waals surface area contributed by atoms with Crippen LogP contribution < -0.4 is 5.32 Å². The Hall–Kier alpha value is -0.510. The zero-order valence-corrected chi connectivity index (χ0v) is 13.2. The maximum atomic E-state index is 5.75. The highest BCUT2D eigenvalue weighted by Crippen LogP contribution is 2.38. The first-order valence-corrected chi connectivity index (χ1v) is 9.00. The highest BCUT2D eigenvalue weighted by Gasteiger charge is 2.32. The first-order valence-electron chi connectivity index (χ1n) is 7.77. The smallest absolute Gasteiger partial charge is 0.0721 e. The van der Waals surface area contributed by atoms with Gasteiger partial charge in [0.2, 0.25) is 0 Å². The lowest BCUT2D eigenvalue weighted by Gasteiger charge is -2.38. The molecule has 1 aliphatic carbocycles. The van der Waals surface area contributed by atoms with Gasteiger partial charge in [0.05, 0.1) is 19.3 Å². The fourth-order valence-electron chi connectivity index (χ4n) is 3.51. The third-order valence-corrected chi connectivity index (χ3v) is 6.26. The van der Waals surface area contributed by atoms with Crippen LogP contribution in [0.3, 0.4) is 0 Å². The summed E-state index contributed by atoms with van der Waals surface area (Å²) >= 11 is 2.06. The second kappa shape index (κ2) is 6.50. The van der Waals surface area contributed by atoms with E-state index in [1.807, 2.05) is 0 Å². The van der Waals surface area contributed by atoms with Crippen molar-refractivity contribution in [2.45, 2.75) is 49.5 Å². The maximum Gasteiger partial charge on any atom is 0.0721 e. The van der Waals surface area contributed by atoms with E-state index in [0.29, 0.717) is 10.8 Å². The minimum absolute atomic E-state index is 0.367. The molecular weight excluding hydrogens is 266 g/mol. The molecule has 0 spiro atoms. The van der Waals surface area contributed by atoms with Crippen molar-refractivity contribution in [3.63, 3.8) is 0 Å². The Kier molecular flexibility index (Phi) is 4.69. The summed E-state index contributed by atoms with van der Waals surface area (Å²) in [6.07, 6.45) is 9.18. The Morgan fingerprint density at radius 2 is 2.05 bits per heavy atom. The second-order valence-electron chi connectivity index (χ2n) is 6.10. The lowest BCUT2D eigenvalue weighted by atomic mass is 9.87. The van der Waals surface area contributed by atoms with Crippen molar-refractivity contribution >= 4 is 11.8 Å². The summed E-state index contributed by atoms with van der Waals surface area (Å²) in [5.41, 5.74) is 2.78. The maximum absolute atomic E-state index is 5.75. The Balaban J connectivity index is 1.66. The molecule has 1 atom stereocenters. The van der Waals surface area contributed by atoms with Gasteiger partial charge in [-0.2, -0.15) is 11.8 Å². The Labute approximate surface area is 126 Å². The topological polar surface area (TPSA) is 21.3 Å². The molecule has 1 N–H and O–H groups in total. The first-order chi connectivity index (χ1) is 9.83. The molecule has 1 aliphatic heterocycles. The largest absolute Gasteiger partial charge is 0.375 e. The number of thioether (sulfide) groups is 1. The highest BCUT2D eigenvalue weighted by molar-refractivity contribution is 8.00. The summed E-state index contributed by atoms with van der Waals surface area (Å²) in [6, 6.07) is 9.06. The van der Waals surface area contributed by atoms with Crippen LogP contribution in [0.1, 0.15) is 49.3 Å². The highest BCUT2D eigenvalue weighted by atomic mass is 32.2. The normalized spacial score (nSPS) is 25.1. The van der Waals surface area contributed by atoms with Gasteiger partial charge in [-0.1, -0.05) is 43.5 Å². The molecule has 0 amide bonds. The number of ether oxygens (including phenoxy) is 1. The number of rotatable bonds is 4. The van der Waals surface area contributed by atoms with Crippen LogP contribution in [0.2, 0.25) is 0 Å². The lowest BCUT2D eigenvalue weighted by molar-refractivity contribution is 0.0809. The molecule has 1 unspecified atom stereocenters. The van der Waals surface area contributed by atoms with Gasteiger partial charge in [0.1, 0.15) is 0 Å². The molecule has 2 aliphatic rings. The zero-order chi connectivity index (χ0) is 13.8. The summed E-state index contributed by atoms with van der Waals surface area (Å²) in [4.78, 5) is 0. The summed E-state index contributed by atoms with van der Waals surface area (Å²) < 4.78 is 6.19. The van der Waals surface area contributed by atoms with Gasteiger partial charge in [0, 0.05) is 11.3 Å². The van der Waals surface area contributed by atoms with E-state index in [1.165, 1.54) is 43.2 Å². The van der Waals surface area contributed by atoms with Crippen LogP contribution in [0.25, 0.3) is 0 Å². The van der Waals surface area contributed by atoms with Gasteiger partial charge in [-0.05, 0) is 30.2 Å². The molecule has 3 heteroatoms. The van der Waals surface area contributed by atoms with Gasteiger partial charge < -0.3 is 10.1 Å². The monoisotopic (exact) mass is 291 g/mol. The molecule has 3 rings (SSSR count). The van der Waals surface area contributed by atoms with E-state index >= 15 is 0 Å².